The van der Waals surface area contributed by atoms with Crippen LogP contribution in [0, 0.1) is 13.8 Å². The molecule has 1 aliphatic rings. The Bertz CT molecular complexity index is 312. The first-order chi connectivity index (χ1) is 7.24. The number of ether oxygens (including phenoxy) is 1. The first-order valence-corrected chi connectivity index (χ1v) is 5.57. The smallest absolute Gasteiger partial charge is 0.123 e. The SMILES string of the molecule is Cc1cc(OC2CCCNC2)cc(C)n1. The van der Waals surface area contributed by atoms with Gasteiger partial charge in [0.25, 0.3) is 0 Å². The largest absolute Gasteiger partial charge is 0.489 e. The summed E-state index contributed by atoms with van der Waals surface area (Å²) in [5, 5.41) is 3.34. The fraction of sp³-hybridized carbons (Fsp3) is 0.583. The van der Waals surface area contributed by atoms with E-state index in [0.717, 1.165) is 36.6 Å². The predicted octanol–water partition coefficient (Wildman–Crippen LogP) is 1.83. The first-order valence-electron chi connectivity index (χ1n) is 5.57. The highest BCUT2D eigenvalue weighted by atomic mass is 16.5. The van der Waals surface area contributed by atoms with E-state index in [9.17, 15) is 0 Å². The van der Waals surface area contributed by atoms with Gasteiger partial charge in [-0.3, -0.25) is 4.98 Å². The Kier molecular flexibility index (Phi) is 3.21. The molecule has 82 valence electrons. The molecule has 0 aromatic carbocycles. The minimum atomic E-state index is 0.319. The topological polar surface area (TPSA) is 34.1 Å². The van der Waals surface area contributed by atoms with Gasteiger partial charge in [-0.05, 0) is 33.2 Å². The van der Waals surface area contributed by atoms with Crippen LogP contribution in [0.15, 0.2) is 12.1 Å². The molecule has 1 aliphatic heterocycles. The molecule has 15 heavy (non-hydrogen) atoms. The van der Waals surface area contributed by atoms with Crippen molar-refractivity contribution in [1.29, 1.82) is 0 Å². The third kappa shape index (κ3) is 2.93. The van der Waals surface area contributed by atoms with Crippen LogP contribution >= 0.6 is 0 Å². The Hall–Kier alpha value is -1.09. The lowest BCUT2D eigenvalue weighted by atomic mass is 10.1. The van der Waals surface area contributed by atoms with E-state index in [1.165, 1.54) is 6.42 Å². The lowest BCUT2D eigenvalue weighted by Crippen LogP contribution is -2.37. The molecule has 1 N–H and O–H groups in total. The van der Waals surface area contributed by atoms with Gasteiger partial charge in [0.1, 0.15) is 11.9 Å². The van der Waals surface area contributed by atoms with Crippen LogP contribution in [-0.4, -0.2) is 24.2 Å². The van der Waals surface area contributed by atoms with E-state index >= 15 is 0 Å². The lowest BCUT2D eigenvalue weighted by Gasteiger charge is -2.24. The van der Waals surface area contributed by atoms with Crippen LogP contribution in [0.5, 0.6) is 5.75 Å². The van der Waals surface area contributed by atoms with Crippen molar-refractivity contribution in [3.05, 3.63) is 23.5 Å². The summed E-state index contributed by atoms with van der Waals surface area (Å²) in [5.41, 5.74) is 2.04. The molecule has 1 atom stereocenters. The maximum Gasteiger partial charge on any atom is 0.123 e. The van der Waals surface area contributed by atoms with Gasteiger partial charge in [0, 0.05) is 30.1 Å². The molecule has 0 saturated carbocycles. The van der Waals surface area contributed by atoms with Gasteiger partial charge in [-0.1, -0.05) is 0 Å². The quantitative estimate of drug-likeness (QED) is 0.801. The van der Waals surface area contributed by atoms with Crippen LogP contribution in [0.4, 0.5) is 0 Å². The van der Waals surface area contributed by atoms with E-state index in [4.69, 9.17) is 4.74 Å². The molecule has 1 aromatic rings. The first kappa shape index (κ1) is 10.4. The van der Waals surface area contributed by atoms with Gasteiger partial charge in [0.15, 0.2) is 0 Å². The van der Waals surface area contributed by atoms with E-state index in [0.29, 0.717) is 6.10 Å². The van der Waals surface area contributed by atoms with Gasteiger partial charge in [0.2, 0.25) is 0 Å². The normalized spacial score (nSPS) is 21.3. The van der Waals surface area contributed by atoms with Gasteiger partial charge < -0.3 is 10.1 Å². The standard InChI is InChI=1S/C12H18N2O/c1-9-6-12(7-10(2)14-9)15-11-4-3-5-13-8-11/h6-7,11,13H,3-5,8H2,1-2H3. The van der Waals surface area contributed by atoms with Crippen molar-refractivity contribution in [3.63, 3.8) is 0 Å². The van der Waals surface area contributed by atoms with E-state index in [1.54, 1.807) is 0 Å². The van der Waals surface area contributed by atoms with Crippen LogP contribution in [0.3, 0.4) is 0 Å². The minimum Gasteiger partial charge on any atom is -0.489 e. The van der Waals surface area contributed by atoms with Crippen molar-refractivity contribution in [2.45, 2.75) is 32.8 Å². The Morgan fingerprint density at radius 2 is 2.07 bits per heavy atom. The molecular weight excluding hydrogens is 188 g/mol. The van der Waals surface area contributed by atoms with E-state index in [2.05, 4.69) is 10.3 Å². The summed E-state index contributed by atoms with van der Waals surface area (Å²) in [6, 6.07) is 4.00. The maximum atomic E-state index is 5.91. The number of pyridine rings is 1. The van der Waals surface area contributed by atoms with Crippen molar-refractivity contribution in [1.82, 2.24) is 10.3 Å². The number of aromatic nitrogens is 1. The molecule has 0 bridgehead atoms. The van der Waals surface area contributed by atoms with E-state index < -0.39 is 0 Å². The van der Waals surface area contributed by atoms with Crippen LogP contribution in [0.25, 0.3) is 0 Å². The van der Waals surface area contributed by atoms with Crippen LogP contribution in [0.1, 0.15) is 24.2 Å². The van der Waals surface area contributed by atoms with Crippen LogP contribution < -0.4 is 10.1 Å². The molecule has 1 unspecified atom stereocenters. The van der Waals surface area contributed by atoms with Gasteiger partial charge in [-0.25, -0.2) is 0 Å². The van der Waals surface area contributed by atoms with Gasteiger partial charge in [-0.15, -0.1) is 0 Å². The summed E-state index contributed by atoms with van der Waals surface area (Å²) in [6.45, 7) is 6.08. The number of nitrogens with one attached hydrogen (secondary N) is 1. The molecule has 1 saturated heterocycles. The molecule has 1 fully saturated rings. The van der Waals surface area contributed by atoms with Crippen molar-refractivity contribution < 1.29 is 4.74 Å². The molecule has 3 nitrogen and oxygen atoms in total. The Labute approximate surface area is 90.9 Å². The zero-order valence-corrected chi connectivity index (χ0v) is 9.42. The summed E-state index contributed by atoms with van der Waals surface area (Å²) in [7, 11) is 0. The molecular formula is C12H18N2O. The number of hydrogen-bond donors (Lipinski definition) is 1. The molecule has 3 heteroatoms. The summed E-state index contributed by atoms with van der Waals surface area (Å²) in [5.74, 6) is 0.953. The van der Waals surface area contributed by atoms with Crippen LogP contribution in [-0.2, 0) is 0 Å². The average molecular weight is 206 g/mol. The van der Waals surface area contributed by atoms with E-state index in [-0.39, 0.29) is 0 Å². The minimum absolute atomic E-state index is 0.319. The summed E-state index contributed by atoms with van der Waals surface area (Å²) in [6.07, 6.45) is 2.67. The number of rotatable bonds is 2. The second-order valence-corrected chi connectivity index (χ2v) is 4.17. The Morgan fingerprint density at radius 1 is 1.33 bits per heavy atom. The van der Waals surface area contributed by atoms with Crippen molar-refractivity contribution in [2.75, 3.05) is 13.1 Å². The van der Waals surface area contributed by atoms with Crippen molar-refractivity contribution in [2.24, 2.45) is 0 Å². The number of nitrogens with zero attached hydrogens (tertiary/aromatic N) is 1. The highest BCUT2D eigenvalue weighted by Gasteiger charge is 2.14. The molecule has 2 heterocycles. The average Bonchev–Trinajstić information content (AvgIpc) is 2.17. The number of aryl methyl sites for hydroxylation is 2. The molecule has 1 aromatic heterocycles. The van der Waals surface area contributed by atoms with Crippen molar-refractivity contribution >= 4 is 0 Å². The summed E-state index contributed by atoms with van der Waals surface area (Å²) in [4.78, 5) is 4.33. The fourth-order valence-electron chi connectivity index (χ4n) is 1.98. The lowest BCUT2D eigenvalue weighted by molar-refractivity contribution is 0.167. The number of hydrogen-bond acceptors (Lipinski definition) is 3. The summed E-state index contributed by atoms with van der Waals surface area (Å²) < 4.78 is 5.91. The molecule has 0 radical (unpaired) electrons. The second-order valence-electron chi connectivity index (χ2n) is 4.17. The van der Waals surface area contributed by atoms with Crippen molar-refractivity contribution in [3.8, 4) is 5.75 Å². The molecule has 0 aliphatic carbocycles. The highest BCUT2D eigenvalue weighted by molar-refractivity contribution is 5.26. The zero-order valence-electron chi connectivity index (χ0n) is 9.42. The summed E-state index contributed by atoms with van der Waals surface area (Å²) >= 11 is 0. The Balaban J connectivity index is 2.02. The van der Waals surface area contributed by atoms with Gasteiger partial charge >= 0.3 is 0 Å². The fourth-order valence-corrected chi connectivity index (χ4v) is 1.98. The predicted molar refractivity (Wildman–Crippen MR) is 60.2 cm³/mol. The third-order valence-corrected chi connectivity index (χ3v) is 2.61. The molecule has 0 amide bonds. The second kappa shape index (κ2) is 4.62. The third-order valence-electron chi connectivity index (χ3n) is 2.61. The maximum absolute atomic E-state index is 5.91. The van der Waals surface area contributed by atoms with Crippen LogP contribution in [0.2, 0.25) is 0 Å². The van der Waals surface area contributed by atoms with E-state index in [1.807, 2.05) is 26.0 Å². The number of piperidine rings is 1. The molecule has 0 spiro atoms. The Morgan fingerprint density at radius 3 is 2.67 bits per heavy atom. The highest BCUT2D eigenvalue weighted by Crippen LogP contribution is 2.17. The molecule has 2 rings (SSSR count). The van der Waals surface area contributed by atoms with Gasteiger partial charge in [-0.2, -0.15) is 0 Å². The van der Waals surface area contributed by atoms with Gasteiger partial charge in [0.05, 0.1) is 0 Å². The zero-order chi connectivity index (χ0) is 10.7. The monoisotopic (exact) mass is 206 g/mol.